The third-order valence-corrected chi connectivity index (χ3v) is 4.20. The normalized spacial score (nSPS) is 14.0. The van der Waals surface area contributed by atoms with E-state index in [1.54, 1.807) is 0 Å². The highest BCUT2D eigenvalue weighted by molar-refractivity contribution is 5.92. The Hall–Kier alpha value is -2.29. The molecule has 2 aromatic rings. The number of fused-ring (bicyclic) bond motifs is 1. The molecule has 3 rings (SSSR count). The van der Waals surface area contributed by atoms with Crippen LogP contribution in [0.1, 0.15) is 35.6 Å². The van der Waals surface area contributed by atoms with Crippen molar-refractivity contribution in [3.05, 3.63) is 64.7 Å². The van der Waals surface area contributed by atoms with Crippen molar-refractivity contribution >= 4 is 11.6 Å². The molecule has 0 saturated heterocycles. The van der Waals surface area contributed by atoms with Gasteiger partial charge in [0.2, 0.25) is 0 Å². The molecule has 0 bridgehead atoms. The molecule has 2 aromatic carbocycles. The molecule has 0 fully saturated rings. The maximum atomic E-state index is 6.00. The van der Waals surface area contributed by atoms with Gasteiger partial charge in [-0.05, 0) is 60.1 Å². The third kappa shape index (κ3) is 3.48. The fraction of sp³-hybridized carbons (Fsp3) is 0.316. The lowest BCUT2D eigenvalue weighted by Crippen LogP contribution is -2.22. The van der Waals surface area contributed by atoms with E-state index in [9.17, 15) is 0 Å². The summed E-state index contributed by atoms with van der Waals surface area (Å²) >= 11 is 0. The van der Waals surface area contributed by atoms with Gasteiger partial charge in [0.15, 0.2) is 5.96 Å². The number of guanidine groups is 1. The minimum atomic E-state index is 0.466. The summed E-state index contributed by atoms with van der Waals surface area (Å²) < 4.78 is 0. The van der Waals surface area contributed by atoms with Crippen LogP contribution in [0.2, 0.25) is 0 Å². The van der Waals surface area contributed by atoms with Crippen LogP contribution < -0.4 is 11.1 Å². The van der Waals surface area contributed by atoms with Gasteiger partial charge in [0.05, 0.1) is 6.54 Å². The van der Waals surface area contributed by atoms with E-state index in [4.69, 9.17) is 5.73 Å². The maximum absolute atomic E-state index is 6.00. The van der Waals surface area contributed by atoms with Crippen LogP contribution in [-0.2, 0) is 25.8 Å². The van der Waals surface area contributed by atoms with Gasteiger partial charge in [0, 0.05) is 5.69 Å². The van der Waals surface area contributed by atoms with E-state index in [0.717, 1.165) is 12.1 Å². The number of aliphatic imine (C=N–C) groups is 1. The first kappa shape index (κ1) is 14.6. The summed E-state index contributed by atoms with van der Waals surface area (Å²) in [4.78, 5) is 4.45. The first-order chi connectivity index (χ1) is 10.7. The molecule has 0 heterocycles. The second-order valence-corrected chi connectivity index (χ2v) is 5.84. The number of anilines is 1. The standard InChI is InChI=1S/C19H23N3/c1-2-14-5-3-8-18(12-14)22-19(20)21-13-15-9-10-16-6-4-7-17(16)11-15/h3,5,8-12H,2,4,6-7,13H2,1H3,(H3,20,21,22). The van der Waals surface area contributed by atoms with E-state index >= 15 is 0 Å². The number of benzene rings is 2. The zero-order valence-corrected chi connectivity index (χ0v) is 13.1. The first-order valence-electron chi connectivity index (χ1n) is 8.01. The van der Waals surface area contributed by atoms with Crippen LogP contribution in [0.5, 0.6) is 0 Å². The Labute approximate surface area is 132 Å². The average Bonchev–Trinajstić information content (AvgIpc) is 3.00. The van der Waals surface area contributed by atoms with Crippen molar-refractivity contribution in [1.29, 1.82) is 0 Å². The summed E-state index contributed by atoms with van der Waals surface area (Å²) in [5, 5.41) is 3.17. The summed E-state index contributed by atoms with van der Waals surface area (Å²) in [5.41, 5.74) is 12.5. The van der Waals surface area contributed by atoms with Crippen LogP contribution in [0.15, 0.2) is 47.5 Å². The van der Waals surface area contributed by atoms with E-state index in [1.165, 1.54) is 41.5 Å². The quantitative estimate of drug-likeness (QED) is 0.667. The molecular weight excluding hydrogens is 270 g/mol. The summed E-state index contributed by atoms with van der Waals surface area (Å²) in [6.45, 7) is 2.77. The molecule has 0 aromatic heterocycles. The minimum Gasteiger partial charge on any atom is -0.370 e. The van der Waals surface area contributed by atoms with Crippen LogP contribution >= 0.6 is 0 Å². The van der Waals surface area contributed by atoms with Crippen molar-refractivity contribution < 1.29 is 0 Å². The van der Waals surface area contributed by atoms with Crippen LogP contribution in [0.25, 0.3) is 0 Å². The number of nitrogens with two attached hydrogens (primary N) is 1. The Morgan fingerprint density at radius 2 is 1.95 bits per heavy atom. The van der Waals surface area contributed by atoms with E-state index in [2.05, 4.69) is 47.6 Å². The molecule has 114 valence electrons. The van der Waals surface area contributed by atoms with Crippen LogP contribution in [0.4, 0.5) is 5.69 Å². The Bertz CT molecular complexity index is 689. The predicted octanol–water partition coefficient (Wildman–Crippen LogP) is 3.66. The predicted molar refractivity (Wildman–Crippen MR) is 93.2 cm³/mol. The minimum absolute atomic E-state index is 0.466. The van der Waals surface area contributed by atoms with Crippen molar-refractivity contribution in [3.8, 4) is 0 Å². The second-order valence-electron chi connectivity index (χ2n) is 5.84. The largest absolute Gasteiger partial charge is 0.370 e. The van der Waals surface area contributed by atoms with Crippen molar-refractivity contribution in [2.24, 2.45) is 10.7 Å². The number of hydrogen-bond donors (Lipinski definition) is 2. The monoisotopic (exact) mass is 293 g/mol. The molecule has 3 N–H and O–H groups in total. The molecule has 22 heavy (non-hydrogen) atoms. The lowest BCUT2D eigenvalue weighted by atomic mass is 10.1. The van der Waals surface area contributed by atoms with E-state index in [1.807, 2.05) is 12.1 Å². The number of hydrogen-bond acceptors (Lipinski definition) is 1. The van der Waals surface area contributed by atoms with Gasteiger partial charge in [-0.25, -0.2) is 4.99 Å². The third-order valence-electron chi connectivity index (χ3n) is 4.20. The molecule has 0 spiro atoms. The Balaban J connectivity index is 1.64. The van der Waals surface area contributed by atoms with Gasteiger partial charge in [0.25, 0.3) is 0 Å². The zero-order chi connectivity index (χ0) is 15.4. The van der Waals surface area contributed by atoms with Gasteiger partial charge < -0.3 is 11.1 Å². The molecule has 0 atom stereocenters. The van der Waals surface area contributed by atoms with Crippen LogP contribution in [0.3, 0.4) is 0 Å². The van der Waals surface area contributed by atoms with Gasteiger partial charge in [-0.2, -0.15) is 0 Å². The molecule has 0 aliphatic heterocycles. The van der Waals surface area contributed by atoms with E-state index in [-0.39, 0.29) is 0 Å². The van der Waals surface area contributed by atoms with Gasteiger partial charge >= 0.3 is 0 Å². The maximum Gasteiger partial charge on any atom is 0.193 e. The molecule has 3 nitrogen and oxygen atoms in total. The zero-order valence-electron chi connectivity index (χ0n) is 13.1. The summed E-state index contributed by atoms with van der Waals surface area (Å²) in [6, 6.07) is 14.9. The van der Waals surface area contributed by atoms with Gasteiger partial charge in [-0.1, -0.05) is 37.3 Å². The number of nitrogens with zero attached hydrogens (tertiary/aromatic N) is 1. The lowest BCUT2D eigenvalue weighted by Gasteiger charge is -2.08. The van der Waals surface area contributed by atoms with Gasteiger partial charge in [-0.3, -0.25) is 0 Å². The number of rotatable bonds is 4. The molecule has 1 aliphatic carbocycles. The van der Waals surface area contributed by atoms with Crippen molar-refractivity contribution in [2.75, 3.05) is 5.32 Å². The highest BCUT2D eigenvalue weighted by Crippen LogP contribution is 2.23. The first-order valence-corrected chi connectivity index (χ1v) is 8.01. The fourth-order valence-electron chi connectivity index (χ4n) is 2.96. The SMILES string of the molecule is CCc1cccc(NC(N)=NCc2ccc3c(c2)CCC3)c1. The van der Waals surface area contributed by atoms with Gasteiger partial charge in [0.1, 0.15) is 0 Å². The Morgan fingerprint density at radius 1 is 1.09 bits per heavy atom. The van der Waals surface area contributed by atoms with Gasteiger partial charge in [-0.15, -0.1) is 0 Å². The van der Waals surface area contributed by atoms with E-state index in [0.29, 0.717) is 12.5 Å². The molecule has 3 heteroatoms. The highest BCUT2D eigenvalue weighted by atomic mass is 15.1. The fourth-order valence-corrected chi connectivity index (χ4v) is 2.96. The topological polar surface area (TPSA) is 50.4 Å². The summed E-state index contributed by atoms with van der Waals surface area (Å²) in [6.07, 6.45) is 4.71. The smallest absolute Gasteiger partial charge is 0.193 e. The van der Waals surface area contributed by atoms with Crippen molar-refractivity contribution in [3.63, 3.8) is 0 Å². The summed E-state index contributed by atoms with van der Waals surface area (Å²) in [7, 11) is 0. The van der Waals surface area contributed by atoms with Crippen LogP contribution in [0, 0.1) is 0 Å². The van der Waals surface area contributed by atoms with Crippen molar-refractivity contribution in [2.45, 2.75) is 39.2 Å². The molecule has 1 aliphatic rings. The Morgan fingerprint density at radius 3 is 2.82 bits per heavy atom. The Kier molecular flexibility index (Phi) is 4.42. The molecule has 0 saturated carbocycles. The summed E-state index contributed by atoms with van der Waals surface area (Å²) in [5.74, 6) is 0.466. The number of nitrogens with one attached hydrogen (secondary N) is 1. The second kappa shape index (κ2) is 6.65. The molecule has 0 radical (unpaired) electrons. The van der Waals surface area contributed by atoms with Crippen molar-refractivity contribution in [1.82, 2.24) is 0 Å². The highest BCUT2D eigenvalue weighted by Gasteiger charge is 2.10. The van der Waals surface area contributed by atoms with Crippen LogP contribution in [-0.4, -0.2) is 5.96 Å². The molecule has 0 amide bonds. The lowest BCUT2D eigenvalue weighted by molar-refractivity contribution is 0.911. The molecular formula is C19H23N3. The number of aryl methyl sites for hydroxylation is 3. The molecule has 0 unspecified atom stereocenters. The average molecular weight is 293 g/mol. The van der Waals surface area contributed by atoms with E-state index < -0.39 is 0 Å².